The number of aromatic nitrogens is 4. The van der Waals surface area contributed by atoms with Crippen LogP contribution in [0.15, 0.2) is 15.7 Å². The van der Waals surface area contributed by atoms with Crippen molar-refractivity contribution in [1.82, 2.24) is 19.9 Å². The molecule has 0 radical (unpaired) electrons. The monoisotopic (exact) mass is 282 g/mol. The van der Waals surface area contributed by atoms with E-state index in [9.17, 15) is 4.79 Å². The molecule has 0 unspecified atom stereocenters. The highest BCUT2D eigenvalue weighted by molar-refractivity contribution is 7.99. The van der Waals surface area contributed by atoms with Gasteiger partial charge in [-0.3, -0.25) is 4.79 Å². The summed E-state index contributed by atoms with van der Waals surface area (Å²) in [6.45, 7) is 2.07. The Labute approximate surface area is 113 Å². The molecule has 0 fully saturated rings. The highest BCUT2D eigenvalue weighted by Crippen LogP contribution is 2.16. The van der Waals surface area contributed by atoms with E-state index in [0.29, 0.717) is 29.1 Å². The summed E-state index contributed by atoms with van der Waals surface area (Å²) in [6, 6.07) is 1.65. The van der Waals surface area contributed by atoms with Gasteiger partial charge < -0.3 is 20.1 Å². The lowest BCUT2D eigenvalue weighted by atomic mass is 10.5. The van der Waals surface area contributed by atoms with Crippen LogP contribution in [0.5, 0.6) is 0 Å². The molecule has 1 amide bonds. The van der Waals surface area contributed by atoms with E-state index in [1.54, 1.807) is 17.6 Å². The van der Waals surface area contributed by atoms with Crippen LogP contribution in [0.4, 0.5) is 5.82 Å². The molecule has 0 bridgehead atoms. The number of rotatable bonds is 5. The lowest BCUT2D eigenvalue weighted by Crippen LogP contribution is -2.14. The van der Waals surface area contributed by atoms with Crippen LogP contribution >= 0.6 is 11.8 Å². The number of nitrogens with two attached hydrogens (primary N) is 1. The van der Waals surface area contributed by atoms with Crippen molar-refractivity contribution in [3.05, 3.63) is 17.7 Å². The SMILES string of the molecule is Cc1cc(NC(=O)CSc2nnc(CN)n2C)no1. The first-order chi connectivity index (χ1) is 9.10. The van der Waals surface area contributed by atoms with Gasteiger partial charge in [0, 0.05) is 13.1 Å². The largest absolute Gasteiger partial charge is 0.360 e. The Morgan fingerprint density at radius 2 is 2.37 bits per heavy atom. The second-order valence-corrected chi connectivity index (χ2v) is 4.76. The molecule has 2 heterocycles. The maximum Gasteiger partial charge on any atom is 0.236 e. The van der Waals surface area contributed by atoms with Gasteiger partial charge in [-0.25, -0.2) is 0 Å². The van der Waals surface area contributed by atoms with Crippen LogP contribution in [0.2, 0.25) is 0 Å². The molecule has 0 aromatic carbocycles. The summed E-state index contributed by atoms with van der Waals surface area (Å²) in [4.78, 5) is 11.7. The molecule has 2 rings (SSSR count). The van der Waals surface area contributed by atoms with Gasteiger partial charge in [-0.05, 0) is 6.92 Å². The van der Waals surface area contributed by atoms with E-state index in [1.165, 1.54) is 11.8 Å². The molecule has 2 aromatic rings. The van der Waals surface area contributed by atoms with Crippen LogP contribution in [0.25, 0.3) is 0 Å². The average Bonchev–Trinajstić information content (AvgIpc) is 2.93. The number of amides is 1. The Morgan fingerprint density at radius 1 is 1.58 bits per heavy atom. The first-order valence-corrected chi connectivity index (χ1v) is 6.53. The van der Waals surface area contributed by atoms with Crippen molar-refractivity contribution in [2.24, 2.45) is 12.8 Å². The van der Waals surface area contributed by atoms with E-state index >= 15 is 0 Å². The number of hydrogen-bond donors (Lipinski definition) is 2. The van der Waals surface area contributed by atoms with E-state index in [2.05, 4.69) is 20.7 Å². The van der Waals surface area contributed by atoms with Gasteiger partial charge in [0.15, 0.2) is 11.0 Å². The molecule has 0 aliphatic carbocycles. The van der Waals surface area contributed by atoms with Gasteiger partial charge in [-0.15, -0.1) is 10.2 Å². The van der Waals surface area contributed by atoms with Crippen molar-refractivity contribution in [2.45, 2.75) is 18.6 Å². The van der Waals surface area contributed by atoms with E-state index in [4.69, 9.17) is 10.3 Å². The van der Waals surface area contributed by atoms with E-state index in [1.807, 2.05) is 7.05 Å². The Hall–Kier alpha value is -1.87. The Morgan fingerprint density at radius 3 is 2.95 bits per heavy atom. The number of nitrogens with zero attached hydrogens (tertiary/aromatic N) is 4. The molecule has 0 aliphatic heterocycles. The van der Waals surface area contributed by atoms with Crippen molar-refractivity contribution in [3.8, 4) is 0 Å². The minimum atomic E-state index is -0.185. The minimum absolute atomic E-state index is 0.185. The fourth-order valence-corrected chi connectivity index (χ4v) is 2.11. The summed E-state index contributed by atoms with van der Waals surface area (Å²) in [6.07, 6.45) is 0. The van der Waals surface area contributed by atoms with E-state index in [0.717, 1.165) is 0 Å². The molecule has 9 heteroatoms. The van der Waals surface area contributed by atoms with Crippen LogP contribution in [-0.2, 0) is 18.4 Å². The van der Waals surface area contributed by atoms with Gasteiger partial charge in [0.1, 0.15) is 11.6 Å². The molecular formula is C10H14N6O2S. The summed E-state index contributed by atoms with van der Waals surface area (Å²) < 4.78 is 6.62. The first kappa shape index (κ1) is 13.6. The third kappa shape index (κ3) is 3.32. The molecular weight excluding hydrogens is 268 g/mol. The number of carbonyl (C=O) groups is 1. The summed E-state index contributed by atoms with van der Waals surface area (Å²) in [5, 5.41) is 14.8. The summed E-state index contributed by atoms with van der Waals surface area (Å²) in [5.74, 6) is 1.75. The molecule has 3 N–H and O–H groups in total. The fraction of sp³-hybridized carbons (Fsp3) is 0.400. The smallest absolute Gasteiger partial charge is 0.236 e. The second-order valence-electron chi connectivity index (χ2n) is 3.82. The Balaban J connectivity index is 1.88. The average molecular weight is 282 g/mol. The van der Waals surface area contributed by atoms with Gasteiger partial charge in [-0.2, -0.15) is 0 Å². The molecule has 19 heavy (non-hydrogen) atoms. The predicted molar refractivity (Wildman–Crippen MR) is 69.5 cm³/mol. The molecule has 0 saturated carbocycles. The van der Waals surface area contributed by atoms with Crippen LogP contribution in [-0.4, -0.2) is 31.6 Å². The lowest BCUT2D eigenvalue weighted by Gasteiger charge is -2.02. The minimum Gasteiger partial charge on any atom is -0.360 e. The molecule has 0 spiro atoms. The second kappa shape index (κ2) is 5.85. The molecule has 2 aromatic heterocycles. The zero-order chi connectivity index (χ0) is 13.8. The number of carbonyl (C=O) groups excluding carboxylic acids is 1. The summed E-state index contributed by atoms with van der Waals surface area (Å²) in [5.41, 5.74) is 5.49. The van der Waals surface area contributed by atoms with Crippen molar-refractivity contribution >= 4 is 23.5 Å². The number of aryl methyl sites for hydroxylation is 1. The maximum atomic E-state index is 11.7. The van der Waals surface area contributed by atoms with Crippen LogP contribution < -0.4 is 11.1 Å². The molecule has 102 valence electrons. The fourth-order valence-electron chi connectivity index (χ4n) is 1.38. The van der Waals surface area contributed by atoms with Gasteiger partial charge in [0.05, 0.1) is 12.3 Å². The van der Waals surface area contributed by atoms with Gasteiger partial charge in [-0.1, -0.05) is 16.9 Å². The quantitative estimate of drug-likeness (QED) is 0.758. The molecule has 8 nitrogen and oxygen atoms in total. The number of hydrogen-bond acceptors (Lipinski definition) is 7. The van der Waals surface area contributed by atoms with Crippen LogP contribution in [0.3, 0.4) is 0 Å². The third-order valence-electron chi connectivity index (χ3n) is 2.34. The summed E-state index contributed by atoms with van der Waals surface area (Å²) in [7, 11) is 1.81. The first-order valence-electron chi connectivity index (χ1n) is 5.54. The molecule has 0 aliphatic rings. The third-order valence-corrected chi connectivity index (χ3v) is 3.36. The predicted octanol–water partition coefficient (Wildman–Crippen LogP) is 0.301. The number of anilines is 1. The van der Waals surface area contributed by atoms with Crippen LogP contribution in [0, 0.1) is 6.92 Å². The van der Waals surface area contributed by atoms with Crippen molar-refractivity contribution in [2.75, 3.05) is 11.1 Å². The van der Waals surface area contributed by atoms with Crippen molar-refractivity contribution < 1.29 is 9.32 Å². The zero-order valence-electron chi connectivity index (χ0n) is 10.6. The maximum absolute atomic E-state index is 11.7. The van der Waals surface area contributed by atoms with Crippen molar-refractivity contribution in [1.29, 1.82) is 0 Å². The zero-order valence-corrected chi connectivity index (χ0v) is 11.4. The standard InChI is InChI=1S/C10H14N6O2S/c1-6-3-7(15-18-6)12-9(17)5-19-10-14-13-8(4-11)16(10)2/h3H,4-5,11H2,1-2H3,(H,12,15,17). The summed E-state index contributed by atoms with van der Waals surface area (Å²) >= 11 is 1.28. The topological polar surface area (TPSA) is 112 Å². The lowest BCUT2D eigenvalue weighted by molar-refractivity contribution is -0.113. The normalized spacial score (nSPS) is 10.7. The van der Waals surface area contributed by atoms with E-state index in [-0.39, 0.29) is 11.7 Å². The number of thioether (sulfide) groups is 1. The molecule has 0 atom stereocenters. The highest BCUT2D eigenvalue weighted by atomic mass is 32.2. The Kier molecular flexibility index (Phi) is 4.17. The molecule has 0 saturated heterocycles. The van der Waals surface area contributed by atoms with Crippen LogP contribution in [0.1, 0.15) is 11.6 Å². The number of nitrogens with one attached hydrogen (secondary N) is 1. The van der Waals surface area contributed by atoms with E-state index < -0.39 is 0 Å². The van der Waals surface area contributed by atoms with Gasteiger partial charge in [0.2, 0.25) is 5.91 Å². The van der Waals surface area contributed by atoms with Gasteiger partial charge >= 0.3 is 0 Å². The highest BCUT2D eigenvalue weighted by Gasteiger charge is 2.11. The Bertz CT molecular complexity index is 578. The van der Waals surface area contributed by atoms with Gasteiger partial charge in [0.25, 0.3) is 0 Å². The van der Waals surface area contributed by atoms with Crippen molar-refractivity contribution in [3.63, 3.8) is 0 Å².